The second kappa shape index (κ2) is 10.1. The van der Waals surface area contributed by atoms with Crippen molar-refractivity contribution in [1.29, 1.82) is 0 Å². The van der Waals surface area contributed by atoms with E-state index in [0.29, 0.717) is 12.3 Å². The Morgan fingerprint density at radius 3 is 2.48 bits per heavy atom. The highest BCUT2D eigenvalue weighted by molar-refractivity contribution is 5.76. The number of aromatic nitrogens is 2. The first-order valence-corrected chi connectivity index (χ1v) is 11.0. The molecule has 0 spiro atoms. The summed E-state index contributed by atoms with van der Waals surface area (Å²) in [5.41, 5.74) is 5.99. The van der Waals surface area contributed by atoms with Crippen LogP contribution in [0.4, 0.5) is 0 Å². The molecule has 2 heterocycles. The summed E-state index contributed by atoms with van der Waals surface area (Å²) < 4.78 is 2.08. The smallest absolute Gasteiger partial charge is 0.222 e. The van der Waals surface area contributed by atoms with Gasteiger partial charge in [-0.1, -0.05) is 29.8 Å². The molecule has 5 nitrogen and oxygen atoms in total. The fraction of sp³-hybridized carbons (Fsp3) is 0.583. The number of benzene rings is 1. The van der Waals surface area contributed by atoms with E-state index in [0.717, 1.165) is 57.1 Å². The predicted octanol–water partition coefficient (Wildman–Crippen LogP) is 3.64. The van der Waals surface area contributed by atoms with E-state index in [1.54, 1.807) is 0 Å². The molecule has 0 unspecified atom stereocenters. The number of carbonyl (C=O) groups is 1. The molecule has 1 fully saturated rings. The number of nitrogens with one attached hydrogen (secondary N) is 1. The molecule has 1 aromatic heterocycles. The molecule has 1 saturated heterocycles. The van der Waals surface area contributed by atoms with Crippen LogP contribution < -0.4 is 5.32 Å². The molecule has 0 atom stereocenters. The molecule has 0 aliphatic carbocycles. The first kappa shape index (κ1) is 21.6. The normalized spacial score (nSPS) is 15.1. The highest BCUT2D eigenvalue weighted by Gasteiger charge is 2.23. The van der Waals surface area contributed by atoms with Gasteiger partial charge in [0.05, 0.1) is 12.2 Å². The molecule has 158 valence electrons. The van der Waals surface area contributed by atoms with Crippen molar-refractivity contribution in [2.45, 2.75) is 59.4 Å². The lowest BCUT2D eigenvalue weighted by molar-refractivity contribution is -0.132. The maximum absolute atomic E-state index is 12.7. The van der Waals surface area contributed by atoms with Crippen LogP contribution in [-0.2, 0) is 17.8 Å². The molecular weight excluding hydrogens is 360 g/mol. The fourth-order valence-electron chi connectivity index (χ4n) is 4.33. The van der Waals surface area contributed by atoms with E-state index in [1.807, 2.05) is 7.05 Å². The first-order chi connectivity index (χ1) is 14.0. The molecule has 0 saturated carbocycles. The van der Waals surface area contributed by atoms with Crippen molar-refractivity contribution < 1.29 is 4.79 Å². The average Bonchev–Trinajstić information content (AvgIpc) is 2.99. The van der Waals surface area contributed by atoms with Crippen LogP contribution in [0.5, 0.6) is 0 Å². The van der Waals surface area contributed by atoms with E-state index in [4.69, 9.17) is 5.10 Å². The largest absolute Gasteiger partial charge is 0.343 e. The lowest BCUT2D eigenvalue weighted by Gasteiger charge is -2.32. The summed E-state index contributed by atoms with van der Waals surface area (Å²) in [5.74, 6) is 1.05. The summed E-state index contributed by atoms with van der Waals surface area (Å²) in [6.45, 7) is 9.97. The van der Waals surface area contributed by atoms with Gasteiger partial charge >= 0.3 is 0 Å². The number of nitrogens with zero attached hydrogens (tertiary/aromatic N) is 3. The SMILES string of the molecule is CNCCC1CCN(C(=O)CCc2c(C)nn(Cc3ccc(C)cc3)c2C)CC1. The van der Waals surface area contributed by atoms with E-state index in [2.05, 4.69) is 59.9 Å². The van der Waals surface area contributed by atoms with Crippen LogP contribution in [0.25, 0.3) is 0 Å². The summed E-state index contributed by atoms with van der Waals surface area (Å²) >= 11 is 0. The maximum atomic E-state index is 12.7. The zero-order valence-electron chi connectivity index (χ0n) is 18.5. The number of carbonyl (C=O) groups excluding carboxylic acids is 1. The third-order valence-electron chi connectivity index (χ3n) is 6.34. The summed E-state index contributed by atoms with van der Waals surface area (Å²) in [7, 11) is 2.01. The van der Waals surface area contributed by atoms with Crippen LogP contribution in [0.2, 0.25) is 0 Å². The predicted molar refractivity (Wildman–Crippen MR) is 118 cm³/mol. The van der Waals surface area contributed by atoms with Crippen molar-refractivity contribution in [3.05, 3.63) is 52.3 Å². The molecule has 1 aliphatic heterocycles. The van der Waals surface area contributed by atoms with Crippen LogP contribution in [-0.4, -0.2) is 47.3 Å². The Labute approximate surface area is 175 Å². The monoisotopic (exact) mass is 396 g/mol. The van der Waals surface area contributed by atoms with Crippen molar-refractivity contribution in [2.24, 2.45) is 5.92 Å². The Bertz CT molecular complexity index is 801. The number of rotatable bonds is 8. The van der Waals surface area contributed by atoms with Gasteiger partial charge in [0.1, 0.15) is 0 Å². The minimum absolute atomic E-state index is 0.294. The Morgan fingerprint density at radius 2 is 1.83 bits per heavy atom. The Kier molecular flexibility index (Phi) is 7.48. The number of piperidine rings is 1. The van der Waals surface area contributed by atoms with Crippen molar-refractivity contribution in [3.8, 4) is 0 Å². The maximum Gasteiger partial charge on any atom is 0.222 e. The van der Waals surface area contributed by atoms with Crippen molar-refractivity contribution in [2.75, 3.05) is 26.7 Å². The van der Waals surface area contributed by atoms with Gasteiger partial charge in [0.15, 0.2) is 0 Å². The van der Waals surface area contributed by atoms with Crippen LogP contribution >= 0.6 is 0 Å². The molecule has 5 heteroatoms. The van der Waals surface area contributed by atoms with E-state index >= 15 is 0 Å². The number of hydrogen-bond acceptors (Lipinski definition) is 3. The van der Waals surface area contributed by atoms with E-state index in [1.165, 1.54) is 28.8 Å². The van der Waals surface area contributed by atoms with Crippen LogP contribution in [0.3, 0.4) is 0 Å². The quantitative estimate of drug-likeness (QED) is 0.741. The van der Waals surface area contributed by atoms with Gasteiger partial charge in [-0.3, -0.25) is 9.48 Å². The van der Waals surface area contributed by atoms with Gasteiger partial charge < -0.3 is 10.2 Å². The van der Waals surface area contributed by atoms with E-state index < -0.39 is 0 Å². The third-order valence-corrected chi connectivity index (χ3v) is 6.34. The van der Waals surface area contributed by atoms with Crippen molar-refractivity contribution >= 4 is 5.91 Å². The van der Waals surface area contributed by atoms with Crippen LogP contribution in [0, 0.1) is 26.7 Å². The second-order valence-electron chi connectivity index (χ2n) is 8.51. The molecule has 0 bridgehead atoms. The lowest BCUT2D eigenvalue weighted by Crippen LogP contribution is -2.39. The lowest BCUT2D eigenvalue weighted by atomic mass is 9.93. The van der Waals surface area contributed by atoms with Gasteiger partial charge in [0, 0.05) is 25.2 Å². The van der Waals surface area contributed by atoms with E-state index in [-0.39, 0.29) is 0 Å². The number of likely N-dealkylation sites (tertiary alicyclic amines) is 1. The van der Waals surface area contributed by atoms with Gasteiger partial charge in [-0.2, -0.15) is 5.10 Å². The van der Waals surface area contributed by atoms with Gasteiger partial charge in [-0.25, -0.2) is 0 Å². The average molecular weight is 397 g/mol. The van der Waals surface area contributed by atoms with Gasteiger partial charge in [0.25, 0.3) is 0 Å². The number of hydrogen-bond donors (Lipinski definition) is 1. The highest BCUT2D eigenvalue weighted by Crippen LogP contribution is 2.22. The fourth-order valence-corrected chi connectivity index (χ4v) is 4.33. The minimum Gasteiger partial charge on any atom is -0.343 e. The second-order valence-corrected chi connectivity index (χ2v) is 8.51. The molecule has 1 aromatic carbocycles. The van der Waals surface area contributed by atoms with Crippen molar-refractivity contribution in [3.63, 3.8) is 0 Å². The van der Waals surface area contributed by atoms with Gasteiger partial charge in [0.2, 0.25) is 5.91 Å². The zero-order chi connectivity index (χ0) is 20.8. The summed E-state index contributed by atoms with van der Waals surface area (Å²) in [6.07, 6.45) is 4.86. The molecule has 0 radical (unpaired) electrons. The molecule has 1 amide bonds. The molecular formula is C24H36N4O. The molecule has 1 N–H and O–H groups in total. The standard InChI is InChI=1S/C24H36N4O/c1-18-5-7-22(8-6-18)17-28-20(3)23(19(2)26-28)9-10-24(29)27-15-12-21(13-16-27)11-14-25-4/h5-8,21,25H,9-17H2,1-4H3. The Hall–Kier alpha value is -2.14. The minimum atomic E-state index is 0.294. The number of amides is 1. The van der Waals surface area contributed by atoms with Crippen molar-refractivity contribution in [1.82, 2.24) is 20.0 Å². The summed E-state index contributed by atoms with van der Waals surface area (Å²) in [4.78, 5) is 14.8. The molecule has 3 rings (SSSR count). The Morgan fingerprint density at radius 1 is 1.14 bits per heavy atom. The molecule has 29 heavy (non-hydrogen) atoms. The third kappa shape index (κ3) is 5.69. The summed E-state index contributed by atoms with van der Waals surface area (Å²) in [6, 6.07) is 8.61. The number of aryl methyl sites for hydroxylation is 2. The van der Waals surface area contributed by atoms with E-state index in [9.17, 15) is 4.79 Å². The van der Waals surface area contributed by atoms with Gasteiger partial charge in [-0.05, 0) is 77.1 Å². The van der Waals surface area contributed by atoms with Crippen LogP contribution in [0.1, 0.15) is 53.8 Å². The van der Waals surface area contributed by atoms with Gasteiger partial charge in [-0.15, -0.1) is 0 Å². The topological polar surface area (TPSA) is 50.2 Å². The van der Waals surface area contributed by atoms with Crippen LogP contribution in [0.15, 0.2) is 24.3 Å². The zero-order valence-corrected chi connectivity index (χ0v) is 18.5. The Balaban J connectivity index is 1.53. The first-order valence-electron chi connectivity index (χ1n) is 11.0. The molecule has 2 aromatic rings. The summed E-state index contributed by atoms with van der Waals surface area (Å²) in [5, 5.41) is 7.97. The highest BCUT2D eigenvalue weighted by atomic mass is 16.2. The molecule has 1 aliphatic rings.